The van der Waals surface area contributed by atoms with E-state index >= 15 is 0 Å². The van der Waals surface area contributed by atoms with Gasteiger partial charge < -0.3 is 19.8 Å². The second kappa shape index (κ2) is 8.04. The molecule has 0 spiro atoms. The minimum Gasteiger partial charge on any atom is -0.507 e. The van der Waals surface area contributed by atoms with Gasteiger partial charge in [0.15, 0.2) is 0 Å². The van der Waals surface area contributed by atoms with Crippen molar-refractivity contribution >= 4 is 10.9 Å². The Morgan fingerprint density at radius 3 is 2.38 bits per heavy atom. The first kappa shape index (κ1) is 21.2. The summed E-state index contributed by atoms with van der Waals surface area (Å²) in [5.74, 6) is 0.505. The molecule has 9 nitrogen and oxygen atoms in total. The Balaban J connectivity index is 1.82. The summed E-state index contributed by atoms with van der Waals surface area (Å²) in [5, 5.41) is 19.6. The van der Waals surface area contributed by atoms with Crippen molar-refractivity contribution in [3.05, 3.63) is 80.6 Å². The van der Waals surface area contributed by atoms with Crippen LogP contribution in [-0.4, -0.2) is 37.4 Å². The molecule has 5 rings (SSSR count). The van der Waals surface area contributed by atoms with Crippen molar-refractivity contribution < 1.29 is 9.84 Å². The molecule has 4 N–H and O–H groups in total. The van der Waals surface area contributed by atoms with Gasteiger partial charge in [-0.05, 0) is 49.2 Å². The van der Waals surface area contributed by atoms with Crippen LogP contribution in [0, 0.1) is 13.8 Å². The predicted molar refractivity (Wildman–Crippen MR) is 129 cm³/mol. The number of rotatable bonds is 4. The summed E-state index contributed by atoms with van der Waals surface area (Å²) >= 11 is 0. The van der Waals surface area contributed by atoms with Crippen LogP contribution in [0.2, 0.25) is 0 Å². The molecule has 0 radical (unpaired) electrons. The molecular weight excluding hydrogens is 434 g/mol. The summed E-state index contributed by atoms with van der Waals surface area (Å²) in [7, 11) is 1.50. The number of aromatic nitrogens is 5. The van der Waals surface area contributed by atoms with E-state index in [0.717, 1.165) is 27.6 Å². The molecule has 0 unspecified atom stereocenters. The van der Waals surface area contributed by atoms with Crippen molar-refractivity contribution in [2.75, 3.05) is 7.11 Å². The Kier molecular flexibility index (Phi) is 5.01. The second-order valence-electron chi connectivity index (χ2n) is 8.02. The number of phenolic OH excluding ortho intramolecular Hbond substituents is 1. The topological polar surface area (TPSA) is 137 Å². The first-order valence-corrected chi connectivity index (χ1v) is 10.5. The highest BCUT2D eigenvalue weighted by atomic mass is 16.5. The number of benzene rings is 2. The molecule has 0 saturated heterocycles. The highest BCUT2D eigenvalue weighted by Gasteiger charge is 2.22. The molecule has 5 aromatic rings. The van der Waals surface area contributed by atoms with Crippen molar-refractivity contribution in [3.8, 4) is 45.3 Å². The normalized spacial score (nSPS) is 11.1. The van der Waals surface area contributed by atoms with Gasteiger partial charge in [0.1, 0.15) is 5.75 Å². The lowest BCUT2D eigenvalue weighted by molar-refractivity contribution is 0.394. The highest BCUT2D eigenvalue weighted by molar-refractivity contribution is 6.04. The number of aromatic amines is 3. The van der Waals surface area contributed by atoms with Gasteiger partial charge in [-0.1, -0.05) is 18.2 Å². The van der Waals surface area contributed by atoms with Gasteiger partial charge in [-0.3, -0.25) is 9.78 Å². The van der Waals surface area contributed by atoms with E-state index in [4.69, 9.17) is 4.74 Å². The van der Waals surface area contributed by atoms with Crippen molar-refractivity contribution in [3.63, 3.8) is 0 Å². The zero-order valence-electron chi connectivity index (χ0n) is 18.7. The first-order chi connectivity index (χ1) is 16.4. The van der Waals surface area contributed by atoms with Crippen LogP contribution in [0.15, 0.2) is 58.3 Å². The molecule has 0 atom stereocenters. The Labute approximate surface area is 193 Å². The fourth-order valence-electron chi connectivity index (χ4n) is 4.17. The van der Waals surface area contributed by atoms with Crippen LogP contribution < -0.4 is 16.0 Å². The van der Waals surface area contributed by atoms with E-state index in [1.807, 2.05) is 56.3 Å². The lowest BCUT2D eigenvalue weighted by atomic mass is 9.99. The van der Waals surface area contributed by atoms with Crippen LogP contribution >= 0.6 is 0 Å². The number of H-pyrrole nitrogens is 3. The third kappa shape index (κ3) is 3.43. The van der Waals surface area contributed by atoms with Gasteiger partial charge in [0, 0.05) is 28.2 Å². The number of para-hydroxylation sites is 1. The Morgan fingerprint density at radius 2 is 1.68 bits per heavy atom. The van der Waals surface area contributed by atoms with Gasteiger partial charge in [0.05, 0.1) is 29.6 Å². The maximum atomic E-state index is 12.7. The zero-order chi connectivity index (χ0) is 24.0. The predicted octanol–water partition coefficient (Wildman–Crippen LogP) is 3.67. The fraction of sp³-hybridized carbons (Fsp3) is 0.120. The molecule has 3 aromatic heterocycles. The maximum Gasteiger partial charge on any atom is 0.325 e. The smallest absolute Gasteiger partial charge is 0.325 e. The number of aryl methyl sites for hydroxylation is 2. The Morgan fingerprint density at radius 1 is 0.941 bits per heavy atom. The minimum absolute atomic E-state index is 0.237. The van der Waals surface area contributed by atoms with Crippen LogP contribution in [0.25, 0.3) is 44.5 Å². The molecule has 0 aliphatic carbocycles. The molecule has 170 valence electrons. The van der Waals surface area contributed by atoms with Crippen molar-refractivity contribution in [1.82, 2.24) is 25.1 Å². The molecule has 0 saturated carbocycles. The van der Waals surface area contributed by atoms with Gasteiger partial charge in [-0.15, -0.1) is 10.2 Å². The van der Waals surface area contributed by atoms with E-state index in [1.165, 1.54) is 13.3 Å². The molecular formula is C25H21N5O4. The molecule has 0 aliphatic heterocycles. The maximum absolute atomic E-state index is 12.7. The lowest BCUT2D eigenvalue weighted by Gasteiger charge is -2.12. The molecule has 34 heavy (non-hydrogen) atoms. The highest BCUT2D eigenvalue weighted by Crippen LogP contribution is 2.41. The zero-order valence-corrected chi connectivity index (χ0v) is 18.7. The number of aromatic hydroxyl groups is 1. The molecule has 0 aliphatic rings. The Bertz CT molecular complexity index is 1660. The number of hydrogen-bond acceptors (Lipinski definition) is 6. The van der Waals surface area contributed by atoms with Crippen LogP contribution in [-0.2, 0) is 0 Å². The quantitative estimate of drug-likeness (QED) is 0.326. The van der Waals surface area contributed by atoms with E-state index in [0.29, 0.717) is 28.1 Å². The number of ether oxygens (including phenoxy) is 1. The molecule has 3 heterocycles. The van der Waals surface area contributed by atoms with Crippen molar-refractivity contribution in [2.45, 2.75) is 13.8 Å². The summed E-state index contributed by atoms with van der Waals surface area (Å²) in [6.07, 6.45) is 1.40. The molecule has 0 fully saturated rings. The fourth-order valence-corrected chi connectivity index (χ4v) is 4.17. The van der Waals surface area contributed by atoms with Gasteiger partial charge in [0.2, 0.25) is 5.88 Å². The van der Waals surface area contributed by atoms with E-state index in [-0.39, 0.29) is 11.6 Å². The average Bonchev–Trinajstić information content (AvgIpc) is 3.21. The number of phenols is 1. The standard InChI is InChI=1S/C25H21N5O4/c1-12-8-14(9-13(2)22(12)31)19-10-16(24(34-3)30-29-19)21-20(15-6-4-5-7-18(15)27-21)17-11-26-25(33)28-23(17)32/h4-11,27,31H,1-3H3,(H2,26,28,32,33). The molecule has 0 amide bonds. The number of hydrogen-bond donors (Lipinski definition) is 4. The average molecular weight is 455 g/mol. The van der Waals surface area contributed by atoms with Crippen LogP contribution in [0.1, 0.15) is 11.1 Å². The molecule has 2 aromatic carbocycles. The summed E-state index contributed by atoms with van der Waals surface area (Å²) in [6.45, 7) is 3.64. The number of nitrogens with one attached hydrogen (secondary N) is 3. The number of nitrogens with zero attached hydrogens (tertiary/aromatic N) is 2. The molecule has 0 bridgehead atoms. The summed E-state index contributed by atoms with van der Waals surface area (Å²) in [5.41, 5.74) is 4.58. The van der Waals surface area contributed by atoms with Crippen LogP contribution in [0.5, 0.6) is 11.6 Å². The largest absolute Gasteiger partial charge is 0.507 e. The van der Waals surface area contributed by atoms with E-state index in [2.05, 4.69) is 25.1 Å². The van der Waals surface area contributed by atoms with Gasteiger partial charge in [0.25, 0.3) is 5.56 Å². The van der Waals surface area contributed by atoms with Crippen molar-refractivity contribution in [1.29, 1.82) is 0 Å². The third-order valence-corrected chi connectivity index (χ3v) is 5.80. The van der Waals surface area contributed by atoms with Gasteiger partial charge in [-0.2, -0.15) is 0 Å². The summed E-state index contributed by atoms with van der Waals surface area (Å²) in [6, 6.07) is 13.0. The Hall–Kier alpha value is -4.66. The molecule has 9 heteroatoms. The second-order valence-corrected chi connectivity index (χ2v) is 8.02. The van der Waals surface area contributed by atoms with Crippen molar-refractivity contribution in [2.24, 2.45) is 0 Å². The van der Waals surface area contributed by atoms with Crippen LogP contribution in [0.3, 0.4) is 0 Å². The third-order valence-electron chi connectivity index (χ3n) is 5.80. The number of methoxy groups -OCH3 is 1. The summed E-state index contributed by atoms with van der Waals surface area (Å²) < 4.78 is 5.52. The van der Waals surface area contributed by atoms with Crippen LogP contribution in [0.4, 0.5) is 0 Å². The first-order valence-electron chi connectivity index (χ1n) is 10.5. The van der Waals surface area contributed by atoms with Gasteiger partial charge in [-0.25, -0.2) is 4.79 Å². The van der Waals surface area contributed by atoms with E-state index in [1.54, 1.807) is 0 Å². The van der Waals surface area contributed by atoms with E-state index in [9.17, 15) is 14.7 Å². The summed E-state index contributed by atoms with van der Waals surface area (Å²) in [4.78, 5) is 32.6. The monoisotopic (exact) mass is 455 g/mol. The van der Waals surface area contributed by atoms with Gasteiger partial charge >= 0.3 is 5.69 Å². The minimum atomic E-state index is -0.585. The lowest BCUT2D eigenvalue weighted by Crippen LogP contribution is -2.22. The number of fused-ring (bicyclic) bond motifs is 1. The SMILES string of the molecule is COc1nnc(-c2cc(C)c(O)c(C)c2)cc1-c1[nH]c2ccccc2c1-c1c[nH]c(=O)[nH]c1=O. The van der Waals surface area contributed by atoms with E-state index < -0.39 is 11.2 Å².